The van der Waals surface area contributed by atoms with Gasteiger partial charge in [-0.15, -0.1) is 0 Å². The second-order valence-electron chi connectivity index (χ2n) is 5.42. The third kappa shape index (κ3) is 3.85. The van der Waals surface area contributed by atoms with Crippen LogP contribution < -0.4 is 15.7 Å². The van der Waals surface area contributed by atoms with Gasteiger partial charge < -0.3 is 14.5 Å². The van der Waals surface area contributed by atoms with Crippen LogP contribution in [0.4, 0.5) is 10.1 Å². The molecule has 6 heteroatoms. The normalized spacial score (nSPS) is 10.6. The van der Waals surface area contributed by atoms with Gasteiger partial charge in [0, 0.05) is 17.5 Å². The Morgan fingerprint density at radius 2 is 2.00 bits per heavy atom. The Balaban J connectivity index is 1.72. The van der Waals surface area contributed by atoms with Gasteiger partial charge in [0.15, 0.2) is 6.61 Å². The Morgan fingerprint density at radius 3 is 2.76 bits per heavy atom. The highest BCUT2D eigenvalue weighted by Crippen LogP contribution is 2.23. The van der Waals surface area contributed by atoms with Gasteiger partial charge in [-0.3, -0.25) is 4.79 Å². The number of amides is 1. The molecule has 0 saturated heterocycles. The summed E-state index contributed by atoms with van der Waals surface area (Å²) in [6, 6.07) is 12.4. The number of ether oxygens (including phenoxy) is 1. The minimum absolute atomic E-state index is 0.0909. The van der Waals surface area contributed by atoms with E-state index in [0.29, 0.717) is 17.8 Å². The molecule has 0 saturated carbocycles. The highest BCUT2D eigenvalue weighted by atomic mass is 19.1. The van der Waals surface area contributed by atoms with Crippen molar-refractivity contribution in [2.24, 2.45) is 0 Å². The van der Waals surface area contributed by atoms with E-state index in [4.69, 9.17) is 9.15 Å². The fourth-order valence-electron chi connectivity index (χ4n) is 2.49. The van der Waals surface area contributed by atoms with Gasteiger partial charge in [-0.25, -0.2) is 9.18 Å². The topological polar surface area (TPSA) is 68.5 Å². The molecule has 1 heterocycles. The van der Waals surface area contributed by atoms with Crippen LogP contribution in [0.5, 0.6) is 5.75 Å². The number of hydrogen-bond acceptors (Lipinski definition) is 4. The van der Waals surface area contributed by atoms with Crippen molar-refractivity contribution in [3.63, 3.8) is 0 Å². The van der Waals surface area contributed by atoms with Gasteiger partial charge in [0.25, 0.3) is 5.91 Å². The number of hydrogen-bond donors (Lipinski definition) is 1. The van der Waals surface area contributed by atoms with E-state index in [2.05, 4.69) is 5.32 Å². The third-order valence-electron chi connectivity index (χ3n) is 3.70. The van der Waals surface area contributed by atoms with E-state index in [-0.39, 0.29) is 12.3 Å². The summed E-state index contributed by atoms with van der Waals surface area (Å²) in [5.41, 5.74) is 0.943. The number of carbonyl (C=O) groups excluding carboxylic acids is 1. The van der Waals surface area contributed by atoms with Crippen molar-refractivity contribution in [2.75, 3.05) is 11.9 Å². The average Bonchev–Trinajstić information content (AvgIpc) is 2.60. The summed E-state index contributed by atoms with van der Waals surface area (Å²) in [5, 5.41) is 3.26. The van der Waals surface area contributed by atoms with Crippen LogP contribution in [-0.4, -0.2) is 12.5 Å². The predicted molar refractivity (Wildman–Crippen MR) is 92.4 cm³/mol. The van der Waals surface area contributed by atoms with Crippen molar-refractivity contribution in [3.8, 4) is 5.75 Å². The second kappa shape index (κ2) is 7.17. The number of fused-ring (bicyclic) bond motifs is 1. The van der Waals surface area contributed by atoms with Crippen LogP contribution in [0, 0.1) is 5.82 Å². The molecule has 3 rings (SSSR count). The van der Waals surface area contributed by atoms with Crippen LogP contribution >= 0.6 is 0 Å². The number of benzene rings is 2. The van der Waals surface area contributed by atoms with Gasteiger partial charge in [-0.1, -0.05) is 19.1 Å². The number of anilines is 1. The third-order valence-corrected chi connectivity index (χ3v) is 3.70. The molecule has 1 aromatic heterocycles. The largest absolute Gasteiger partial charge is 0.484 e. The molecule has 25 heavy (non-hydrogen) atoms. The van der Waals surface area contributed by atoms with Crippen LogP contribution in [0.2, 0.25) is 0 Å². The van der Waals surface area contributed by atoms with E-state index in [1.54, 1.807) is 24.3 Å². The molecule has 0 fully saturated rings. The van der Waals surface area contributed by atoms with E-state index in [1.165, 1.54) is 24.3 Å². The number of aryl methyl sites for hydroxylation is 1. The summed E-state index contributed by atoms with van der Waals surface area (Å²) in [7, 11) is 0. The molecule has 1 N–H and O–H groups in total. The standard InChI is InChI=1S/C19H16FNO4/c1-2-12-9-19(23)25-17-10-13(7-8-14(12)17)24-11-18(22)21-16-6-4-3-5-15(16)20/h3-10H,2,11H2,1H3,(H,21,22). The monoisotopic (exact) mass is 341 g/mol. The quantitative estimate of drug-likeness (QED) is 0.721. The summed E-state index contributed by atoms with van der Waals surface area (Å²) in [6.45, 7) is 1.66. The van der Waals surface area contributed by atoms with Crippen LogP contribution in [0.1, 0.15) is 12.5 Å². The number of para-hydroxylation sites is 1. The lowest BCUT2D eigenvalue weighted by Gasteiger charge is -2.09. The molecule has 3 aromatic rings. The lowest BCUT2D eigenvalue weighted by molar-refractivity contribution is -0.118. The van der Waals surface area contributed by atoms with Gasteiger partial charge in [0.05, 0.1) is 5.69 Å². The molecule has 1 amide bonds. The van der Waals surface area contributed by atoms with E-state index < -0.39 is 17.3 Å². The van der Waals surface area contributed by atoms with Gasteiger partial charge in [-0.2, -0.15) is 0 Å². The number of nitrogens with one attached hydrogen (secondary N) is 1. The van der Waals surface area contributed by atoms with Crippen molar-refractivity contribution >= 4 is 22.6 Å². The fourth-order valence-corrected chi connectivity index (χ4v) is 2.49. The zero-order valence-corrected chi connectivity index (χ0v) is 13.5. The molecule has 0 bridgehead atoms. The summed E-state index contributed by atoms with van der Waals surface area (Å²) in [4.78, 5) is 23.4. The lowest BCUT2D eigenvalue weighted by atomic mass is 10.1. The zero-order chi connectivity index (χ0) is 17.8. The molecule has 0 aliphatic rings. The first-order chi connectivity index (χ1) is 12.1. The highest BCUT2D eigenvalue weighted by Gasteiger charge is 2.09. The van der Waals surface area contributed by atoms with Crippen LogP contribution in [-0.2, 0) is 11.2 Å². The minimum atomic E-state index is -0.518. The average molecular weight is 341 g/mol. The Morgan fingerprint density at radius 1 is 1.20 bits per heavy atom. The molecule has 0 atom stereocenters. The zero-order valence-electron chi connectivity index (χ0n) is 13.5. The van der Waals surface area contributed by atoms with Crippen molar-refractivity contribution < 1.29 is 18.3 Å². The van der Waals surface area contributed by atoms with Crippen molar-refractivity contribution in [2.45, 2.75) is 13.3 Å². The summed E-state index contributed by atoms with van der Waals surface area (Å²) in [5.74, 6) is -0.628. The first kappa shape index (κ1) is 16.7. The van der Waals surface area contributed by atoms with Crippen molar-refractivity contribution in [1.82, 2.24) is 0 Å². The van der Waals surface area contributed by atoms with Gasteiger partial charge >= 0.3 is 5.63 Å². The van der Waals surface area contributed by atoms with Gasteiger partial charge in [0.1, 0.15) is 17.1 Å². The SMILES string of the molecule is CCc1cc(=O)oc2cc(OCC(=O)Nc3ccccc3F)ccc12. The fraction of sp³-hybridized carbons (Fsp3) is 0.158. The maximum atomic E-state index is 13.5. The molecule has 2 aromatic carbocycles. The molecule has 5 nitrogen and oxygen atoms in total. The van der Waals surface area contributed by atoms with E-state index >= 15 is 0 Å². The summed E-state index contributed by atoms with van der Waals surface area (Å²) >= 11 is 0. The van der Waals surface area contributed by atoms with Crippen molar-refractivity contribution in [3.05, 3.63) is 70.3 Å². The molecule has 0 aliphatic carbocycles. The van der Waals surface area contributed by atoms with Crippen molar-refractivity contribution in [1.29, 1.82) is 0 Å². The predicted octanol–water partition coefficient (Wildman–Crippen LogP) is 3.51. The van der Waals surface area contributed by atoms with Crippen LogP contribution in [0.15, 0.2) is 57.7 Å². The Bertz CT molecular complexity index is 981. The van der Waals surface area contributed by atoms with E-state index in [9.17, 15) is 14.0 Å². The van der Waals surface area contributed by atoms with Crippen LogP contribution in [0.3, 0.4) is 0 Å². The first-order valence-corrected chi connectivity index (χ1v) is 7.81. The molecule has 0 spiro atoms. The summed E-state index contributed by atoms with van der Waals surface area (Å²) < 4.78 is 24.1. The van der Waals surface area contributed by atoms with Gasteiger partial charge in [0.2, 0.25) is 0 Å². The maximum Gasteiger partial charge on any atom is 0.336 e. The summed E-state index contributed by atoms with van der Waals surface area (Å²) in [6.07, 6.45) is 0.702. The van der Waals surface area contributed by atoms with E-state index in [0.717, 1.165) is 10.9 Å². The maximum absolute atomic E-state index is 13.5. The number of rotatable bonds is 5. The van der Waals surface area contributed by atoms with Gasteiger partial charge in [-0.05, 0) is 36.2 Å². The molecular weight excluding hydrogens is 325 g/mol. The molecule has 0 unspecified atom stereocenters. The highest BCUT2D eigenvalue weighted by molar-refractivity contribution is 5.92. The van der Waals surface area contributed by atoms with E-state index in [1.807, 2.05) is 6.92 Å². The second-order valence-corrected chi connectivity index (χ2v) is 5.42. The lowest BCUT2D eigenvalue weighted by Crippen LogP contribution is -2.20. The molecule has 0 aliphatic heterocycles. The number of halogens is 1. The van der Waals surface area contributed by atoms with Crippen LogP contribution in [0.25, 0.3) is 11.0 Å². The number of carbonyl (C=O) groups is 1. The Kier molecular flexibility index (Phi) is 4.79. The molecular formula is C19H16FNO4. The minimum Gasteiger partial charge on any atom is -0.484 e. The molecule has 0 radical (unpaired) electrons. The first-order valence-electron chi connectivity index (χ1n) is 7.81. The molecule has 128 valence electrons. The Hall–Kier alpha value is -3.15. The smallest absolute Gasteiger partial charge is 0.336 e. The Labute approximate surface area is 143 Å².